The number of ether oxygens (including phenoxy) is 2. The Morgan fingerprint density at radius 2 is 1.81 bits per heavy atom. The van der Waals surface area contributed by atoms with Gasteiger partial charge in [-0.25, -0.2) is 9.18 Å². The molecule has 1 fully saturated rings. The molecule has 4 rings (SSSR count). The first-order valence-corrected chi connectivity index (χ1v) is 10.4. The predicted octanol–water partition coefficient (Wildman–Crippen LogP) is 2.94. The number of rotatable bonds is 5. The third-order valence-corrected chi connectivity index (χ3v) is 5.76. The highest BCUT2D eigenvalue weighted by Gasteiger charge is 2.46. The van der Waals surface area contributed by atoms with E-state index in [1.54, 1.807) is 26.2 Å². The average Bonchev–Trinajstić information content (AvgIpc) is 3.12. The molecule has 1 saturated heterocycles. The minimum atomic E-state index is -0.542. The number of nitrogens with zero attached hydrogens (tertiary/aromatic N) is 1. The minimum absolute atomic E-state index is 0.0443. The Balaban J connectivity index is 1.48. The van der Waals surface area contributed by atoms with Gasteiger partial charge in [-0.2, -0.15) is 0 Å². The van der Waals surface area contributed by atoms with E-state index < -0.39 is 12.1 Å². The van der Waals surface area contributed by atoms with Gasteiger partial charge in [0.25, 0.3) is 0 Å². The Morgan fingerprint density at radius 3 is 2.50 bits per heavy atom. The van der Waals surface area contributed by atoms with E-state index in [0.29, 0.717) is 23.5 Å². The van der Waals surface area contributed by atoms with E-state index in [-0.39, 0.29) is 42.9 Å². The van der Waals surface area contributed by atoms with Crippen LogP contribution in [-0.2, 0) is 9.53 Å². The van der Waals surface area contributed by atoms with Gasteiger partial charge >= 0.3 is 6.03 Å². The van der Waals surface area contributed by atoms with Crippen LogP contribution in [0.4, 0.5) is 20.6 Å². The smallest absolute Gasteiger partial charge is 0.323 e. The number of fused-ring (bicyclic) bond motifs is 3. The van der Waals surface area contributed by atoms with Crippen molar-refractivity contribution < 1.29 is 28.6 Å². The fraction of sp³-hybridized carbons (Fsp3) is 0.391. The van der Waals surface area contributed by atoms with Crippen molar-refractivity contribution in [3.63, 3.8) is 0 Å². The summed E-state index contributed by atoms with van der Waals surface area (Å²) in [5.74, 6) is 0.174. The molecule has 4 atom stereocenters. The molecule has 32 heavy (non-hydrogen) atoms. The third kappa shape index (κ3) is 4.68. The number of carbonyl (C=O) groups is 2. The van der Waals surface area contributed by atoms with Gasteiger partial charge in [0.15, 0.2) is 0 Å². The van der Waals surface area contributed by atoms with Gasteiger partial charge in [0.05, 0.1) is 19.1 Å². The quantitative estimate of drug-likeness (QED) is 0.660. The first-order valence-electron chi connectivity index (χ1n) is 10.4. The van der Waals surface area contributed by atoms with Crippen molar-refractivity contribution in [2.45, 2.75) is 37.1 Å². The lowest BCUT2D eigenvalue weighted by atomic mass is 9.84. The van der Waals surface area contributed by atoms with Crippen molar-refractivity contribution >= 4 is 23.3 Å². The molecule has 0 saturated carbocycles. The molecule has 2 aliphatic heterocycles. The zero-order valence-corrected chi connectivity index (χ0v) is 17.9. The number of anilines is 2. The van der Waals surface area contributed by atoms with Crippen LogP contribution in [0.3, 0.4) is 0 Å². The van der Waals surface area contributed by atoms with Crippen LogP contribution in [0.15, 0.2) is 42.5 Å². The topological polar surface area (TPSA) is 100 Å². The molecule has 2 aromatic rings. The zero-order chi connectivity index (χ0) is 22.8. The number of hydrogen-bond acceptors (Lipinski definition) is 5. The van der Waals surface area contributed by atoms with Crippen LogP contribution in [0.2, 0.25) is 0 Å². The molecule has 0 unspecified atom stereocenters. The van der Waals surface area contributed by atoms with Crippen molar-refractivity contribution in [1.29, 1.82) is 0 Å². The van der Waals surface area contributed by atoms with Gasteiger partial charge in [-0.3, -0.25) is 4.79 Å². The van der Waals surface area contributed by atoms with Crippen molar-refractivity contribution in [2.24, 2.45) is 0 Å². The molecule has 0 bridgehead atoms. The van der Waals surface area contributed by atoms with E-state index in [2.05, 4.69) is 10.6 Å². The SMILES string of the molecule is CN(C)C(=O)C[C@@H]1C[C@H]2c3cc(NC(=O)Nc4ccc(F)cc4)ccc3O[C@H]2[C@@H](CO)O1. The summed E-state index contributed by atoms with van der Waals surface area (Å²) in [6.45, 7) is -0.215. The Bertz CT molecular complexity index is 998. The van der Waals surface area contributed by atoms with E-state index in [9.17, 15) is 19.1 Å². The number of amides is 3. The average molecular weight is 443 g/mol. The molecule has 0 spiro atoms. The Morgan fingerprint density at radius 1 is 1.12 bits per heavy atom. The molecule has 0 aromatic heterocycles. The summed E-state index contributed by atoms with van der Waals surface area (Å²) >= 11 is 0. The largest absolute Gasteiger partial charge is 0.487 e. The summed E-state index contributed by atoms with van der Waals surface area (Å²) in [5, 5.41) is 15.2. The van der Waals surface area contributed by atoms with Crippen LogP contribution in [0.25, 0.3) is 0 Å². The van der Waals surface area contributed by atoms with Crippen LogP contribution in [0.1, 0.15) is 24.3 Å². The summed E-state index contributed by atoms with van der Waals surface area (Å²) in [4.78, 5) is 26.0. The predicted molar refractivity (Wildman–Crippen MR) is 116 cm³/mol. The Kier molecular flexibility index (Phi) is 6.29. The van der Waals surface area contributed by atoms with Crippen LogP contribution < -0.4 is 15.4 Å². The van der Waals surface area contributed by atoms with Gasteiger partial charge < -0.3 is 30.1 Å². The molecule has 2 aliphatic rings. The summed E-state index contributed by atoms with van der Waals surface area (Å²) in [6.07, 6.45) is -0.446. The number of carbonyl (C=O) groups excluding carboxylic acids is 2. The van der Waals surface area contributed by atoms with Gasteiger partial charge in [-0.15, -0.1) is 0 Å². The molecule has 3 N–H and O–H groups in total. The second-order valence-corrected chi connectivity index (χ2v) is 8.23. The van der Waals surface area contributed by atoms with Crippen LogP contribution in [0.5, 0.6) is 5.75 Å². The molecule has 8 nitrogen and oxygen atoms in total. The fourth-order valence-electron chi connectivity index (χ4n) is 4.17. The van der Waals surface area contributed by atoms with Crippen LogP contribution >= 0.6 is 0 Å². The molecular formula is C23H26FN3O5. The van der Waals surface area contributed by atoms with Crippen LogP contribution in [-0.4, -0.2) is 61.0 Å². The highest BCUT2D eigenvalue weighted by molar-refractivity contribution is 5.99. The lowest BCUT2D eigenvalue weighted by Crippen LogP contribution is -2.47. The third-order valence-electron chi connectivity index (χ3n) is 5.76. The number of aliphatic hydroxyl groups is 1. The Labute approximate surface area is 185 Å². The monoisotopic (exact) mass is 443 g/mol. The molecule has 0 aliphatic carbocycles. The van der Waals surface area contributed by atoms with Gasteiger partial charge in [0, 0.05) is 37.0 Å². The van der Waals surface area contributed by atoms with E-state index in [0.717, 1.165) is 5.56 Å². The zero-order valence-electron chi connectivity index (χ0n) is 17.9. The molecular weight excluding hydrogens is 417 g/mol. The second kappa shape index (κ2) is 9.13. The van der Waals surface area contributed by atoms with Crippen LogP contribution in [0, 0.1) is 5.82 Å². The molecule has 2 heterocycles. The lowest BCUT2D eigenvalue weighted by Gasteiger charge is -2.37. The van der Waals surface area contributed by atoms with Gasteiger partial charge in [0.1, 0.15) is 23.8 Å². The van der Waals surface area contributed by atoms with E-state index in [1.807, 2.05) is 6.07 Å². The van der Waals surface area contributed by atoms with Gasteiger partial charge in [0.2, 0.25) is 5.91 Å². The maximum absolute atomic E-state index is 13.0. The van der Waals surface area contributed by atoms with Crippen molar-refractivity contribution in [3.8, 4) is 5.75 Å². The second-order valence-electron chi connectivity index (χ2n) is 8.23. The molecule has 0 radical (unpaired) electrons. The number of aliphatic hydroxyl groups excluding tert-OH is 1. The van der Waals surface area contributed by atoms with E-state index in [4.69, 9.17) is 9.47 Å². The number of nitrogens with one attached hydrogen (secondary N) is 2. The summed E-state index contributed by atoms with van der Waals surface area (Å²) in [6, 6.07) is 10.4. The Hall–Kier alpha value is -3.17. The van der Waals surface area contributed by atoms with E-state index in [1.165, 1.54) is 29.2 Å². The number of halogens is 1. The van der Waals surface area contributed by atoms with Gasteiger partial charge in [-0.05, 0) is 48.9 Å². The van der Waals surface area contributed by atoms with Crippen molar-refractivity contribution in [1.82, 2.24) is 4.90 Å². The van der Waals surface area contributed by atoms with Crippen molar-refractivity contribution in [3.05, 3.63) is 53.8 Å². The maximum atomic E-state index is 13.0. The standard InChI is InChI=1S/C23H26FN3O5/c1-27(2)21(29)11-16-10-18-17-9-15(7-8-19(17)32-22(18)20(12-28)31-16)26-23(30)25-14-5-3-13(24)4-6-14/h3-9,16,18,20,22,28H,10-12H2,1-2H3,(H2,25,26,30)/t16-,18-,20+,22+/m0/s1. The molecule has 2 aromatic carbocycles. The highest BCUT2D eigenvalue weighted by atomic mass is 19.1. The number of urea groups is 1. The summed E-state index contributed by atoms with van der Waals surface area (Å²) in [7, 11) is 3.39. The number of benzene rings is 2. The van der Waals surface area contributed by atoms with E-state index >= 15 is 0 Å². The molecule has 9 heteroatoms. The maximum Gasteiger partial charge on any atom is 0.323 e. The van der Waals surface area contributed by atoms with Crippen molar-refractivity contribution in [2.75, 3.05) is 31.3 Å². The first kappa shape index (κ1) is 22.0. The molecule has 170 valence electrons. The normalized spacial score (nSPS) is 23.5. The summed E-state index contributed by atoms with van der Waals surface area (Å²) < 4.78 is 25.0. The first-order chi connectivity index (χ1) is 15.3. The lowest BCUT2D eigenvalue weighted by molar-refractivity contribution is -0.147. The molecule has 3 amide bonds. The highest BCUT2D eigenvalue weighted by Crippen LogP contribution is 2.47. The summed E-state index contributed by atoms with van der Waals surface area (Å²) in [5.41, 5.74) is 1.94. The fourth-order valence-corrected chi connectivity index (χ4v) is 4.17. The number of hydrogen-bond donors (Lipinski definition) is 3. The van der Waals surface area contributed by atoms with Gasteiger partial charge in [-0.1, -0.05) is 0 Å². The minimum Gasteiger partial charge on any atom is -0.487 e.